The van der Waals surface area contributed by atoms with Gasteiger partial charge in [-0.05, 0) is 23.8 Å². The second kappa shape index (κ2) is 5.72. The van der Waals surface area contributed by atoms with E-state index in [1.807, 2.05) is 36.4 Å². The fourth-order valence-electron chi connectivity index (χ4n) is 1.95. The number of halogens is 2. The van der Waals surface area contributed by atoms with Crippen molar-refractivity contribution in [1.29, 1.82) is 0 Å². The lowest BCUT2D eigenvalue weighted by atomic mass is 10.2. The predicted octanol–water partition coefficient (Wildman–Crippen LogP) is 4.40. The van der Waals surface area contributed by atoms with Gasteiger partial charge in [-0.2, -0.15) is 0 Å². The van der Waals surface area contributed by atoms with Crippen molar-refractivity contribution in [2.24, 2.45) is 0 Å². The molecule has 0 saturated heterocycles. The molecule has 1 N–H and O–H groups in total. The van der Waals surface area contributed by atoms with Crippen LogP contribution < -0.4 is 5.56 Å². The molecule has 0 radical (unpaired) electrons. The first-order chi connectivity index (χ1) is 10.1. The Morgan fingerprint density at radius 3 is 2.48 bits per heavy atom. The van der Waals surface area contributed by atoms with E-state index < -0.39 is 0 Å². The van der Waals surface area contributed by atoms with Crippen LogP contribution in [0, 0.1) is 0 Å². The topological polar surface area (TPSA) is 45.8 Å². The molecule has 0 atom stereocenters. The first-order valence-electron chi connectivity index (χ1n) is 6.26. The summed E-state index contributed by atoms with van der Waals surface area (Å²) in [6.07, 6.45) is 3.51. The van der Waals surface area contributed by atoms with Crippen LogP contribution in [0.15, 0.2) is 47.3 Å². The van der Waals surface area contributed by atoms with Gasteiger partial charge in [-0.1, -0.05) is 59.6 Å². The van der Waals surface area contributed by atoms with E-state index in [9.17, 15) is 4.79 Å². The van der Waals surface area contributed by atoms with Gasteiger partial charge in [0.05, 0.1) is 21.1 Å². The van der Waals surface area contributed by atoms with Crippen LogP contribution in [0.1, 0.15) is 11.3 Å². The van der Waals surface area contributed by atoms with E-state index >= 15 is 0 Å². The number of aromatic amines is 1. The summed E-state index contributed by atoms with van der Waals surface area (Å²) in [5.41, 5.74) is 2.20. The Morgan fingerprint density at radius 1 is 1.00 bits per heavy atom. The number of fused-ring (bicyclic) bond motifs is 1. The van der Waals surface area contributed by atoms with Crippen molar-refractivity contribution in [3.63, 3.8) is 0 Å². The molecule has 1 heterocycles. The van der Waals surface area contributed by atoms with Crippen molar-refractivity contribution in [3.05, 3.63) is 74.1 Å². The van der Waals surface area contributed by atoms with E-state index in [0.717, 1.165) is 5.56 Å². The SMILES string of the molecule is O=c1[nH]c2cc(Cl)c(Cl)cc2nc1/C=C/c1ccccc1. The molecule has 3 nitrogen and oxygen atoms in total. The quantitative estimate of drug-likeness (QED) is 0.761. The number of nitrogens with zero attached hydrogens (tertiary/aromatic N) is 1. The number of rotatable bonds is 2. The molecule has 104 valence electrons. The second-order valence-electron chi connectivity index (χ2n) is 4.48. The van der Waals surface area contributed by atoms with E-state index in [1.54, 1.807) is 18.2 Å². The summed E-state index contributed by atoms with van der Waals surface area (Å²) in [5, 5.41) is 0.788. The zero-order valence-corrected chi connectivity index (χ0v) is 12.3. The summed E-state index contributed by atoms with van der Waals surface area (Å²) in [5.74, 6) is 0. The van der Waals surface area contributed by atoms with Crippen LogP contribution in [-0.4, -0.2) is 9.97 Å². The predicted molar refractivity (Wildman–Crippen MR) is 87.8 cm³/mol. The molecule has 0 amide bonds. The minimum atomic E-state index is -0.270. The number of hydrogen-bond donors (Lipinski definition) is 1. The molecule has 1 aromatic heterocycles. The Hall–Kier alpha value is -2.10. The Kier molecular flexibility index (Phi) is 3.78. The lowest BCUT2D eigenvalue weighted by molar-refractivity contribution is 1.19. The van der Waals surface area contributed by atoms with Gasteiger partial charge in [0.15, 0.2) is 0 Å². The number of nitrogens with one attached hydrogen (secondary N) is 1. The molecular formula is C16H10Cl2N2O. The number of benzene rings is 2. The van der Waals surface area contributed by atoms with E-state index in [0.29, 0.717) is 26.8 Å². The lowest BCUT2D eigenvalue weighted by Gasteiger charge is -2.01. The van der Waals surface area contributed by atoms with Crippen LogP contribution in [0.25, 0.3) is 23.2 Å². The van der Waals surface area contributed by atoms with Gasteiger partial charge in [0, 0.05) is 0 Å². The van der Waals surface area contributed by atoms with Crippen molar-refractivity contribution in [1.82, 2.24) is 9.97 Å². The number of H-pyrrole nitrogens is 1. The zero-order chi connectivity index (χ0) is 14.8. The van der Waals surface area contributed by atoms with Gasteiger partial charge >= 0.3 is 0 Å². The Balaban J connectivity index is 2.07. The van der Waals surface area contributed by atoms with Gasteiger partial charge in [0.2, 0.25) is 0 Å². The summed E-state index contributed by atoms with van der Waals surface area (Å²) >= 11 is 11.9. The molecule has 0 saturated carbocycles. The third-order valence-electron chi connectivity index (χ3n) is 2.99. The average Bonchev–Trinajstić information content (AvgIpc) is 2.48. The molecule has 0 bridgehead atoms. The number of hydrogen-bond acceptors (Lipinski definition) is 2. The summed E-state index contributed by atoms with van der Waals surface area (Å²) in [6.45, 7) is 0. The molecule has 3 aromatic rings. The molecule has 3 rings (SSSR count). The van der Waals surface area contributed by atoms with E-state index in [2.05, 4.69) is 9.97 Å². The Labute approximate surface area is 130 Å². The van der Waals surface area contributed by atoms with E-state index in [-0.39, 0.29) is 5.56 Å². The maximum atomic E-state index is 12.0. The summed E-state index contributed by atoms with van der Waals surface area (Å²) < 4.78 is 0. The molecule has 0 spiro atoms. The van der Waals surface area contributed by atoms with Gasteiger partial charge in [-0.15, -0.1) is 0 Å². The van der Waals surface area contributed by atoms with Gasteiger partial charge in [0.1, 0.15) is 5.69 Å². The minimum Gasteiger partial charge on any atom is -0.319 e. The fraction of sp³-hybridized carbons (Fsp3) is 0. The highest BCUT2D eigenvalue weighted by Gasteiger charge is 2.05. The van der Waals surface area contributed by atoms with Gasteiger partial charge in [0.25, 0.3) is 5.56 Å². The van der Waals surface area contributed by atoms with Crippen molar-refractivity contribution in [3.8, 4) is 0 Å². The van der Waals surface area contributed by atoms with Crippen LogP contribution >= 0.6 is 23.2 Å². The Bertz CT molecular complexity index is 886. The largest absolute Gasteiger partial charge is 0.319 e. The van der Waals surface area contributed by atoms with Crippen LogP contribution in [0.4, 0.5) is 0 Å². The molecule has 5 heteroatoms. The molecular weight excluding hydrogens is 307 g/mol. The monoisotopic (exact) mass is 316 g/mol. The van der Waals surface area contributed by atoms with Crippen molar-refractivity contribution < 1.29 is 0 Å². The van der Waals surface area contributed by atoms with Gasteiger partial charge in [-0.3, -0.25) is 4.79 Å². The van der Waals surface area contributed by atoms with Crippen molar-refractivity contribution >= 4 is 46.4 Å². The molecule has 0 unspecified atom stereocenters. The van der Waals surface area contributed by atoms with Crippen LogP contribution in [0.5, 0.6) is 0 Å². The van der Waals surface area contributed by atoms with Gasteiger partial charge in [-0.25, -0.2) is 4.98 Å². The average molecular weight is 317 g/mol. The smallest absolute Gasteiger partial charge is 0.274 e. The standard InChI is InChI=1S/C16H10Cl2N2O/c17-11-8-14-15(9-12(11)18)20-16(21)13(19-14)7-6-10-4-2-1-3-5-10/h1-9H,(H,20,21)/b7-6+. The molecule has 0 aliphatic rings. The molecule has 2 aromatic carbocycles. The first-order valence-corrected chi connectivity index (χ1v) is 7.01. The maximum Gasteiger partial charge on any atom is 0.274 e. The molecule has 0 aliphatic carbocycles. The van der Waals surface area contributed by atoms with Crippen LogP contribution in [-0.2, 0) is 0 Å². The molecule has 0 fully saturated rings. The molecule has 0 aliphatic heterocycles. The lowest BCUT2D eigenvalue weighted by Crippen LogP contribution is -2.11. The minimum absolute atomic E-state index is 0.270. The van der Waals surface area contributed by atoms with Crippen LogP contribution in [0.2, 0.25) is 10.0 Å². The fourth-order valence-corrected chi connectivity index (χ4v) is 2.27. The highest BCUT2D eigenvalue weighted by molar-refractivity contribution is 6.42. The van der Waals surface area contributed by atoms with Crippen LogP contribution in [0.3, 0.4) is 0 Å². The van der Waals surface area contributed by atoms with Crippen molar-refractivity contribution in [2.75, 3.05) is 0 Å². The highest BCUT2D eigenvalue weighted by atomic mass is 35.5. The van der Waals surface area contributed by atoms with E-state index in [1.165, 1.54) is 0 Å². The zero-order valence-electron chi connectivity index (χ0n) is 10.8. The maximum absolute atomic E-state index is 12.0. The summed E-state index contributed by atoms with van der Waals surface area (Å²) in [7, 11) is 0. The molecule has 21 heavy (non-hydrogen) atoms. The van der Waals surface area contributed by atoms with E-state index in [4.69, 9.17) is 23.2 Å². The highest BCUT2D eigenvalue weighted by Crippen LogP contribution is 2.25. The first kappa shape index (κ1) is 13.9. The normalized spacial score (nSPS) is 11.3. The third kappa shape index (κ3) is 2.99. The van der Waals surface area contributed by atoms with Gasteiger partial charge < -0.3 is 4.98 Å². The Morgan fingerprint density at radius 2 is 1.71 bits per heavy atom. The summed E-state index contributed by atoms with van der Waals surface area (Å²) in [4.78, 5) is 19.1. The second-order valence-corrected chi connectivity index (χ2v) is 5.29. The number of aromatic nitrogens is 2. The van der Waals surface area contributed by atoms with Crippen molar-refractivity contribution in [2.45, 2.75) is 0 Å². The third-order valence-corrected chi connectivity index (χ3v) is 3.72. The summed E-state index contributed by atoms with van der Waals surface area (Å²) in [6, 6.07) is 12.9.